The average Bonchev–Trinajstić information content (AvgIpc) is 3.12. The number of carbonyl (C=O) groups is 1. The first kappa shape index (κ1) is 25.9. The quantitative estimate of drug-likeness (QED) is 0.273. The fourth-order valence-corrected chi connectivity index (χ4v) is 3.79. The van der Waals surface area contributed by atoms with Gasteiger partial charge < -0.3 is 15.4 Å². The van der Waals surface area contributed by atoms with E-state index in [1.165, 1.54) is 12.7 Å². The van der Waals surface area contributed by atoms with E-state index in [0.717, 1.165) is 37.6 Å². The van der Waals surface area contributed by atoms with Gasteiger partial charge in [0, 0.05) is 37.4 Å². The van der Waals surface area contributed by atoms with E-state index in [9.17, 15) is 4.79 Å². The van der Waals surface area contributed by atoms with Gasteiger partial charge in [-0.15, -0.1) is 24.0 Å². The summed E-state index contributed by atoms with van der Waals surface area (Å²) in [5.41, 5.74) is 3.11. The maximum atomic E-state index is 11.3. The summed E-state index contributed by atoms with van der Waals surface area (Å²) in [5.74, 6) is 0.832. The van der Waals surface area contributed by atoms with Gasteiger partial charge in [-0.3, -0.25) is 10.2 Å². The van der Waals surface area contributed by atoms with Gasteiger partial charge in [0.05, 0.1) is 13.7 Å². The third kappa shape index (κ3) is 7.98. The molecule has 1 heterocycles. The molecule has 0 radical (unpaired) electrons. The molecule has 8 heteroatoms. The molecule has 3 rings (SSSR count). The second-order valence-corrected chi connectivity index (χ2v) is 7.85. The Balaban J connectivity index is 0.00000363. The van der Waals surface area contributed by atoms with E-state index in [4.69, 9.17) is 4.99 Å². The van der Waals surface area contributed by atoms with Crippen LogP contribution >= 0.6 is 24.0 Å². The average molecular weight is 551 g/mol. The van der Waals surface area contributed by atoms with Crippen molar-refractivity contribution in [3.8, 4) is 0 Å². The highest BCUT2D eigenvalue weighted by Crippen LogP contribution is 2.20. The molecule has 0 aliphatic carbocycles. The molecule has 0 saturated carbocycles. The number of benzene rings is 2. The monoisotopic (exact) mass is 551 g/mol. The highest BCUT2D eigenvalue weighted by molar-refractivity contribution is 14.0. The minimum atomic E-state index is -0.475. The number of halogens is 1. The largest absolute Gasteiger partial charge is 0.453 e. The first-order valence-corrected chi connectivity index (χ1v) is 10.8. The lowest BCUT2D eigenvalue weighted by atomic mass is 10.2. The van der Waals surface area contributed by atoms with Crippen molar-refractivity contribution in [1.29, 1.82) is 0 Å². The van der Waals surface area contributed by atoms with Gasteiger partial charge >= 0.3 is 6.09 Å². The molecule has 1 aliphatic heterocycles. The number of nitrogens with one attached hydrogen (secondary N) is 3. The van der Waals surface area contributed by atoms with Gasteiger partial charge in [0.2, 0.25) is 0 Å². The standard InChI is InChI=1S/C24H33N5O2.HI/c1-4-25-23(26-15-19-10-12-21(13-11-19)28-24(30)31-3)27-22-14-18(2)29(17-22)16-20-8-6-5-7-9-20;/h5-13,18,22H,4,14-17H2,1-3H3,(H,28,30)(H2,25,26,27);1H. The Bertz CT molecular complexity index is 860. The molecule has 1 fully saturated rings. The molecule has 174 valence electrons. The van der Waals surface area contributed by atoms with E-state index in [0.29, 0.717) is 24.3 Å². The topological polar surface area (TPSA) is 78.0 Å². The molecule has 2 aromatic carbocycles. The zero-order valence-electron chi connectivity index (χ0n) is 19.0. The maximum Gasteiger partial charge on any atom is 0.411 e. The predicted molar refractivity (Wildman–Crippen MR) is 141 cm³/mol. The Morgan fingerprint density at radius 3 is 2.50 bits per heavy atom. The van der Waals surface area contributed by atoms with E-state index in [-0.39, 0.29) is 24.0 Å². The van der Waals surface area contributed by atoms with Crippen molar-refractivity contribution in [2.45, 2.75) is 45.4 Å². The van der Waals surface area contributed by atoms with Crippen LogP contribution in [0.3, 0.4) is 0 Å². The van der Waals surface area contributed by atoms with Crippen molar-refractivity contribution in [2.24, 2.45) is 4.99 Å². The zero-order valence-corrected chi connectivity index (χ0v) is 21.3. The summed E-state index contributed by atoms with van der Waals surface area (Å²) in [6.07, 6.45) is 0.613. The van der Waals surface area contributed by atoms with Crippen molar-refractivity contribution in [3.05, 3.63) is 65.7 Å². The number of anilines is 1. The van der Waals surface area contributed by atoms with Crippen LogP contribution in [0.1, 0.15) is 31.4 Å². The van der Waals surface area contributed by atoms with Gasteiger partial charge in [0.1, 0.15) is 0 Å². The van der Waals surface area contributed by atoms with Crippen molar-refractivity contribution in [3.63, 3.8) is 0 Å². The lowest BCUT2D eigenvalue weighted by Crippen LogP contribution is -2.44. The second kappa shape index (κ2) is 13.3. The Labute approximate surface area is 208 Å². The lowest BCUT2D eigenvalue weighted by molar-refractivity contribution is 0.187. The van der Waals surface area contributed by atoms with E-state index >= 15 is 0 Å². The molecule has 1 saturated heterocycles. The predicted octanol–water partition coefficient (Wildman–Crippen LogP) is 4.20. The van der Waals surface area contributed by atoms with Crippen molar-refractivity contribution >= 4 is 41.7 Å². The molecule has 32 heavy (non-hydrogen) atoms. The molecular weight excluding hydrogens is 517 g/mol. The highest BCUT2D eigenvalue weighted by atomic mass is 127. The first-order valence-electron chi connectivity index (χ1n) is 10.8. The summed E-state index contributed by atoms with van der Waals surface area (Å²) >= 11 is 0. The lowest BCUT2D eigenvalue weighted by Gasteiger charge is -2.21. The van der Waals surface area contributed by atoms with Gasteiger partial charge in [0.15, 0.2) is 5.96 Å². The third-order valence-corrected chi connectivity index (χ3v) is 5.42. The van der Waals surface area contributed by atoms with Gasteiger partial charge in [-0.2, -0.15) is 0 Å². The Hall–Kier alpha value is -2.33. The van der Waals surface area contributed by atoms with Crippen LogP contribution in [0.2, 0.25) is 0 Å². The molecule has 7 nitrogen and oxygen atoms in total. The fourth-order valence-electron chi connectivity index (χ4n) is 3.79. The van der Waals surface area contributed by atoms with Gasteiger partial charge in [-0.1, -0.05) is 42.5 Å². The van der Waals surface area contributed by atoms with E-state index in [1.54, 1.807) is 0 Å². The number of methoxy groups -OCH3 is 1. The van der Waals surface area contributed by atoms with Gasteiger partial charge in [-0.25, -0.2) is 9.79 Å². The van der Waals surface area contributed by atoms with Crippen LogP contribution in [0.4, 0.5) is 10.5 Å². The summed E-state index contributed by atoms with van der Waals surface area (Å²) in [7, 11) is 1.35. The number of aliphatic imine (C=N–C) groups is 1. The normalized spacial score (nSPS) is 18.5. The molecule has 0 spiro atoms. The van der Waals surface area contributed by atoms with Crippen LogP contribution in [-0.2, 0) is 17.8 Å². The smallest absolute Gasteiger partial charge is 0.411 e. The molecule has 2 atom stereocenters. The number of rotatable bonds is 7. The van der Waals surface area contributed by atoms with Gasteiger partial charge in [0.25, 0.3) is 0 Å². The Morgan fingerprint density at radius 1 is 1.12 bits per heavy atom. The number of guanidine groups is 1. The van der Waals surface area contributed by atoms with E-state index in [2.05, 4.69) is 69.8 Å². The molecular formula is C24H34IN5O2. The number of amides is 1. The summed E-state index contributed by atoms with van der Waals surface area (Å²) in [5, 5.41) is 9.60. The van der Waals surface area contributed by atoms with Crippen molar-refractivity contribution in [2.75, 3.05) is 25.5 Å². The molecule has 0 aromatic heterocycles. The van der Waals surface area contributed by atoms with Crippen molar-refractivity contribution in [1.82, 2.24) is 15.5 Å². The minimum absolute atomic E-state index is 0. The summed E-state index contributed by atoms with van der Waals surface area (Å²) < 4.78 is 4.61. The number of hydrogen-bond acceptors (Lipinski definition) is 4. The highest BCUT2D eigenvalue weighted by Gasteiger charge is 2.29. The van der Waals surface area contributed by atoms with E-state index < -0.39 is 6.09 Å². The van der Waals surface area contributed by atoms with Gasteiger partial charge in [-0.05, 0) is 43.5 Å². The minimum Gasteiger partial charge on any atom is -0.453 e. The zero-order chi connectivity index (χ0) is 22.1. The number of ether oxygens (including phenoxy) is 1. The molecule has 1 aliphatic rings. The number of hydrogen-bond donors (Lipinski definition) is 3. The summed E-state index contributed by atoms with van der Waals surface area (Å²) in [4.78, 5) is 18.6. The number of nitrogens with zero attached hydrogens (tertiary/aromatic N) is 2. The Kier molecular flexibility index (Phi) is 10.8. The summed E-state index contributed by atoms with van der Waals surface area (Å²) in [6.45, 7) is 7.70. The molecule has 2 aromatic rings. The van der Waals surface area contributed by atoms with Crippen LogP contribution in [-0.4, -0.2) is 49.2 Å². The van der Waals surface area contributed by atoms with Crippen LogP contribution in [0.15, 0.2) is 59.6 Å². The molecule has 2 unspecified atom stereocenters. The maximum absolute atomic E-state index is 11.3. The molecule has 1 amide bonds. The summed E-state index contributed by atoms with van der Waals surface area (Å²) in [6, 6.07) is 19.1. The van der Waals surface area contributed by atoms with E-state index in [1.807, 2.05) is 24.3 Å². The van der Waals surface area contributed by atoms with Crippen LogP contribution in [0, 0.1) is 0 Å². The number of likely N-dealkylation sites (tertiary alicyclic amines) is 1. The SMILES string of the molecule is CCNC(=NCc1ccc(NC(=O)OC)cc1)NC1CC(C)N(Cc2ccccc2)C1.I. The molecule has 0 bridgehead atoms. The fraction of sp³-hybridized carbons (Fsp3) is 0.417. The first-order chi connectivity index (χ1) is 15.1. The van der Waals surface area contributed by atoms with Crippen molar-refractivity contribution < 1.29 is 9.53 Å². The van der Waals surface area contributed by atoms with Crippen LogP contribution in [0.5, 0.6) is 0 Å². The van der Waals surface area contributed by atoms with Crippen LogP contribution in [0.25, 0.3) is 0 Å². The third-order valence-electron chi connectivity index (χ3n) is 5.42. The molecule has 3 N–H and O–H groups in total. The van der Waals surface area contributed by atoms with Crippen LogP contribution < -0.4 is 16.0 Å². The second-order valence-electron chi connectivity index (χ2n) is 7.85. The number of carbonyl (C=O) groups excluding carboxylic acids is 1. The Morgan fingerprint density at radius 2 is 1.84 bits per heavy atom.